The standard InChI is InChI=1S/C20H29F3N4O2S.HI/c1-2-24-18(26-15-19(10-11-19)17-6-4-3-5-7-17)25-14-16-8-12-27(13-9-16)30(28,29)20(21,22)23;/h3-7,16H,2,8-15H2,1H3,(H2,24,25,26);1H. The van der Waals surface area contributed by atoms with Gasteiger partial charge in [-0.05, 0) is 44.1 Å². The third-order valence-corrected chi connectivity index (χ3v) is 7.52. The molecule has 31 heavy (non-hydrogen) atoms. The van der Waals surface area contributed by atoms with Crippen LogP contribution in [0.15, 0.2) is 35.3 Å². The Morgan fingerprint density at radius 3 is 2.29 bits per heavy atom. The SMILES string of the molecule is CCNC(=NCC1(c2ccccc2)CC1)NCC1CCN(S(=O)(=O)C(F)(F)F)CC1.I. The van der Waals surface area contributed by atoms with Crippen LogP contribution in [0.25, 0.3) is 0 Å². The molecule has 1 aromatic carbocycles. The van der Waals surface area contributed by atoms with E-state index in [0.717, 1.165) is 12.8 Å². The van der Waals surface area contributed by atoms with Crippen LogP contribution < -0.4 is 10.6 Å². The molecule has 2 N–H and O–H groups in total. The van der Waals surface area contributed by atoms with E-state index in [0.29, 0.717) is 42.7 Å². The molecular formula is C20H30F3IN4O2S. The summed E-state index contributed by atoms with van der Waals surface area (Å²) in [5.41, 5.74) is -3.84. The summed E-state index contributed by atoms with van der Waals surface area (Å²) in [6.07, 6.45) is 2.98. The number of nitrogens with zero attached hydrogens (tertiary/aromatic N) is 2. The molecule has 1 heterocycles. The second-order valence-electron chi connectivity index (χ2n) is 8.02. The van der Waals surface area contributed by atoms with Crippen LogP contribution >= 0.6 is 24.0 Å². The average Bonchev–Trinajstić information content (AvgIpc) is 3.51. The van der Waals surface area contributed by atoms with Crippen LogP contribution in [0.1, 0.15) is 38.2 Å². The second-order valence-corrected chi connectivity index (χ2v) is 9.95. The summed E-state index contributed by atoms with van der Waals surface area (Å²) < 4.78 is 61.7. The van der Waals surface area contributed by atoms with E-state index in [2.05, 4.69) is 22.8 Å². The van der Waals surface area contributed by atoms with Gasteiger partial charge < -0.3 is 10.6 Å². The normalized spacial score (nSPS) is 20.1. The Kier molecular flexibility index (Phi) is 9.03. The summed E-state index contributed by atoms with van der Waals surface area (Å²) in [5.74, 6) is 0.780. The summed E-state index contributed by atoms with van der Waals surface area (Å²) >= 11 is 0. The number of alkyl halides is 3. The molecule has 0 aromatic heterocycles. The Hall–Kier alpha value is -1.08. The van der Waals surface area contributed by atoms with Crippen molar-refractivity contribution in [2.24, 2.45) is 10.9 Å². The number of piperidine rings is 1. The first kappa shape index (κ1) is 26.2. The fourth-order valence-electron chi connectivity index (χ4n) is 3.79. The van der Waals surface area contributed by atoms with Gasteiger partial charge in [0.1, 0.15) is 0 Å². The predicted molar refractivity (Wildman–Crippen MR) is 126 cm³/mol. The maximum Gasteiger partial charge on any atom is 0.511 e. The lowest BCUT2D eigenvalue weighted by molar-refractivity contribution is -0.0496. The highest BCUT2D eigenvalue weighted by Crippen LogP contribution is 2.48. The van der Waals surface area contributed by atoms with Gasteiger partial charge in [0.15, 0.2) is 5.96 Å². The first-order valence-corrected chi connectivity index (χ1v) is 11.8. The molecule has 2 aliphatic rings. The molecule has 1 aliphatic heterocycles. The topological polar surface area (TPSA) is 73.8 Å². The molecule has 2 fully saturated rings. The predicted octanol–water partition coefficient (Wildman–Crippen LogP) is 3.45. The zero-order valence-corrected chi connectivity index (χ0v) is 20.6. The third-order valence-electron chi connectivity index (χ3n) is 5.89. The Morgan fingerprint density at radius 2 is 1.77 bits per heavy atom. The Bertz CT molecular complexity index is 838. The molecule has 0 amide bonds. The van der Waals surface area contributed by atoms with Gasteiger partial charge in [-0.25, -0.2) is 8.42 Å². The summed E-state index contributed by atoms with van der Waals surface area (Å²) in [6, 6.07) is 10.3. The molecule has 3 rings (SSSR count). The monoisotopic (exact) mass is 574 g/mol. The van der Waals surface area contributed by atoms with Crippen LogP contribution in [-0.4, -0.2) is 56.9 Å². The molecular weight excluding hydrogens is 544 g/mol. The van der Waals surface area contributed by atoms with Crippen LogP contribution in [0.2, 0.25) is 0 Å². The number of hydrogen-bond acceptors (Lipinski definition) is 3. The minimum absolute atomic E-state index is 0. The highest BCUT2D eigenvalue weighted by Gasteiger charge is 2.50. The number of benzene rings is 1. The number of guanidine groups is 1. The fourth-order valence-corrected chi connectivity index (χ4v) is 4.78. The van der Waals surface area contributed by atoms with Gasteiger partial charge in [0.25, 0.3) is 0 Å². The first-order chi connectivity index (χ1) is 14.2. The van der Waals surface area contributed by atoms with Crippen LogP contribution in [0, 0.1) is 5.92 Å². The molecule has 0 atom stereocenters. The minimum atomic E-state index is -5.24. The van der Waals surface area contributed by atoms with Crippen molar-refractivity contribution >= 4 is 40.0 Å². The molecule has 176 valence electrons. The highest BCUT2D eigenvalue weighted by atomic mass is 127. The van der Waals surface area contributed by atoms with Crippen molar-refractivity contribution < 1.29 is 21.6 Å². The molecule has 1 saturated heterocycles. The molecule has 1 aliphatic carbocycles. The maximum atomic E-state index is 12.7. The molecule has 0 radical (unpaired) electrons. The molecule has 0 bridgehead atoms. The van der Waals surface area contributed by atoms with E-state index in [1.165, 1.54) is 5.56 Å². The Labute approximate surface area is 199 Å². The van der Waals surface area contributed by atoms with Crippen LogP contribution in [-0.2, 0) is 15.4 Å². The summed E-state index contributed by atoms with van der Waals surface area (Å²) in [5, 5.41) is 6.49. The van der Waals surface area contributed by atoms with Gasteiger partial charge in [0.2, 0.25) is 0 Å². The zero-order valence-electron chi connectivity index (χ0n) is 17.5. The van der Waals surface area contributed by atoms with E-state index in [-0.39, 0.29) is 48.4 Å². The number of aliphatic imine (C=N–C) groups is 1. The number of rotatable bonds is 7. The number of sulfonamides is 1. The minimum Gasteiger partial charge on any atom is -0.357 e. The van der Waals surface area contributed by atoms with Gasteiger partial charge in [-0.3, -0.25) is 4.99 Å². The van der Waals surface area contributed by atoms with E-state index in [4.69, 9.17) is 4.99 Å². The largest absolute Gasteiger partial charge is 0.511 e. The van der Waals surface area contributed by atoms with Gasteiger partial charge in [0.05, 0.1) is 6.54 Å². The second kappa shape index (κ2) is 10.7. The fraction of sp³-hybridized carbons (Fsp3) is 0.650. The molecule has 1 saturated carbocycles. The Balaban J connectivity index is 0.00000341. The van der Waals surface area contributed by atoms with E-state index < -0.39 is 15.5 Å². The molecule has 0 unspecified atom stereocenters. The average molecular weight is 574 g/mol. The van der Waals surface area contributed by atoms with Gasteiger partial charge >= 0.3 is 15.5 Å². The van der Waals surface area contributed by atoms with E-state index in [1.807, 2.05) is 25.1 Å². The molecule has 11 heteroatoms. The van der Waals surface area contributed by atoms with Gasteiger partial charge in [-0.2, -0.15) is 17.5 Å². The molecule has 1 aromatic rings. The quantitative estimate of drug-likeness (QED) is 0.298. The highest BCUT2D eigenvalue weighted by molar-refractivity contribution is 14.0. The zero-order chi connectivity index (χ0) is 21.8. The molecule has 6 nitrogen and oxygen atoms in total. The van der Waals surface area contributed by atoms with Crippen molar-refractivity contribution in [3.8, 4) is 0 Å². The Morgan fingerprint density at radius 1 is 1.16 bits per heavy atom. The van der Waals surface area contributed by atoms with Crippen LogP contribution in [0.4, 0.5) is 13.2 Å². The lowest BCUT2D eigenvalue weighted by atomic mass is 9.96. The third kappa shape index (κ3) is 6.47. The van der Waals surface area contributed by atoms with Crippen molar-refractivity contribution in [3.63, 3.8) is 0 Å². The lowest BCUT2D eigenvalue weighted by Crippen LogP contribution is -2.47. The number of hydrogen-bond donors (Lipinski definition) is 2. The van der Waals surface area contributed by atoms with Crippen molar-refractivity contribution in [1.29, 1.82) is 0 Å². The van der Waals surface area contributed by atoms with Gasteiger partial charge in [0, 0.05) is 31.6 Å². The van der Waals surface area contributed by atoms with E-state index >= 15 is 0 Å². The maximum absolute atomic E-state index is 12.7. The van der Waals surface area contributed by atoms with Crippen LogP contribution in [0.3, 0.4) is 0 Å². The first-order valence-electron chi connectivity index (χ1n) is 10.3. The van der Waals surface area contributed by atoms with Gasteiger partial charge in [-0.1, -0.05) is 30.3 Å². The summed E-state index contributed by atoms with van der Waals surface area (Å²) in [6.45, 7) is 3.67. The van der Waals surface area contributed by atoms with E-state index in [1.54, 1.807) is 0 Å². The van der Waals surface area contributed by atoms with Crippen molar-refractivity contribution in [3.05, 3.63) is 35.9 Å². The van der Waals surface area contributed by atoms with E-state index in [9.17, 15) is 21.6 Å². The van der Waals surface area contributed by atoms with Crippen molar-refractivity contribution in [2.75, 3.05) is 32.7 Å². The smallest absolute Gasteiger partial charge is 0.357 e. The van der Waals surface area contributed by atoms with Crippen molar-refractivity contribution in [2.45, 2.75) is 43.5 Å². The van der Waals surface area contributed by atoms with Crippen molar-refractivity contribution in [1.82, 2.24) is 14.9 Å². The van der Waals surface area contributed by atoms with Crippen LogP contribution in [0.5, 0.6) is 0 Å². The lowest BCUT2D eigenvalue weighted by Gasteiger charge is -2.31. The summed E-state index contributed by atoms with van der Waals surface area (Å²) in [4.78, 5) is 4.73. The van der Waals surface area contributed by atoms with Gasteiger partial charge in [-0.15, -0.1) is 24.0 Å². The number of halogens is 4. The molecule has 0 spiro atoms. The number of nitrogens with one attached hydrogen (secondary N) is 2. The summed E-state index contributed by atoms with van der Waals surface area (Å²) in [7, 11) is -5.23.